The number of alkyl halides is 6. The Kier molecular flexibility index (Phi) is 5.24. The maximum Gasteiger partial charge on any atom is 0.416 e. The summed E-state index contributed by atoms with van der Waals surface area (Å²) in [4.78, 5) is 23.2. The van der Waals surface area contributed by atoms with E-state index in [0.717, 1.165) is 0 Å². The first-order valence-corrected chi connectivity index (χ1v) is 6.14. The van der Waals surface area contributed by atoms with Crippen LogP contribution in [0.4, 0.5) is 26.3 Å². The molecule has 0 saturated heterocycles. The van der Waals surface area contributed by atoms with Crippen LogP contribution in [0.1, 0.15) is 35.3 Å². The Hall–Kier alpha value is -2.32. The van der Waals surface area contributed by atoms with E-state index in [2.05, 4.69) is 0 Å². The van der Waals surface area contributed by atoms with Gasteiger partial charge in [-0.3, -0.25) is 14.9 Å². The largest absolute Gasteiger partial charge is 0.416 e. The molecule has 9 heteroatoms. The highest BCUT2D eigenvalue weighted by atomic mass is 19.4. The maximum atomic E-state index is 12.7. The standard InChI is InChI=1S/C14H11F6NO2/c1-3-7(2)11(22)21-12(23)8-4-9(13(15,16)17)6-10(5-8)14(18,19)20/h3-6H,1-2H3,(H,21,22,23). The number of hydrogen-bond acceptors (Lipinski definition) is 2. The van der Waals surface area contributed by atoms with Crippen LogP contribution in [0.25, 0.3) is 0 Å². The van der Waals surface area contributed by atoms with Crippen LogP contribution in [0.3, 0.4) is 0 Å². The number of benzene rings is 1. The van der Waals surface area contributed by atoms with Crippen molar-refractivity contribution in [1.29, 1.82) is 0 Å². The third-order valence-electron chi connectivity index (χ3n) is 2.87. The molecular formula is C14H11F6NO2. The molecule has 0 unspecified atom stereocenters. The van der Waals surface area contributed by atoms with Crippen molar-refractivity contribution >= 4 is 11.8 Å². The SMILES string of the molecule is CC=C(C)C(=O)NC(=O)c1cc(C(F)(F)F)cc(C(F)(F)F)c1. The molecule has 0 bridgehead atoms. The average molecular weight is 339 g/mol. The number of rotatable bonds is 2. The van der Waals surface area contributed by atoms with Crippen molar-refractivity contribution in [2.45, 2.75) is 26.2 Å². The summed E-state index contributed by atoms with van der Waals surface area (Å²) in [6.45, 7) is 2.81. The van der Waals surface area contributed by atoms with E-state index in [9.17, 15) is 35.9 Å². The molecule has 2 amide bonds. The second kappa shape index (κ2) is 6.43. The minimum absolute atomic E-state index is 0.0846. The predicted octanol–water partition coefficient (Wildman–Crippen LogP) is 3.95. The van der Waals surface area contributed by atoms with Gasteiger partial charge in [0.15, 0.2) is 0 Å². The van der Waals surface area contributed by atoms with Crippen LogP contribution in [-0.2, 0) is 17.1 Å². The molecule has 23 heavy (non-hydrogen) atoms. The fraction of sp³-hybridized carbons (Fsp3) is 0.286. The van der Waals surface area contributed by atoms with Crippen molar-refractivity contribution in [1.82, 2.24) is 5.32 Å². The average Bonchev–Trinajstić information content (AvgIpc) is 2.43. The van der Waals surface area contributed by atoms with Gasteiger partial charge in [-0.2, -0.15) is 26.3 Å². The van der Waals surface area contributed by atoms with Gasteiger partial charge in [0.05, 0.1) is 11.1 Å². The van der Waals surface area contributed by atoms with Gasteiger partial charge < -0.3 is 0 Å². The van der Waals surface area contributed by atoms with Gasteiger partial charge in [-0.25, -0.2) is 0 Å². The first kappa shape index (κ1) is 18.7. The third-order valence-corrected chi connectivity index (χ3v) is 2.87. The van der Waals surface area contributed by atoms with E-state index in [-0.39, 0.29) is 23.8 Å². The monoisotopic (exact) mass is 339 g/mol. The molecule has 0 radical (unpaired) electrons. The molecule has 126 valence electrons. The van der Waals surface area contributed by atoms with Gasteiger partial charge in [0.2, 0.25) is 0 Å². The summed E-state index contributed by atoms with van der Waals surface area (Å²) in [5.74, 6) is -2.27. The topological polar surface area (TPSA) is 46.2 Å². The number of carbonyl (C=O) groups is 2. The summed E-state index contributed by atoms with van der Waals surface area (Å²) in [6, 6.07) is 0.404. The smallest absolute Gasteiger partial charge is 0.288 e. The van der Waals surface area contributed by atoms with E-state index in [0.29, 0.717) is 0 Å². The van der Waals surface area contributed by atoms with Crippen LogP contribution < -0.4 is 5.32 Å². The zero-order valence-corrected chi connectivity index (χ0v) is 11.9. The Labute approximate surface area is 127 Å². The molecule has 1 aromatic rings. The quantitative estimate of drug-likeness (QED) is 0.655. The second-order valence-electron chi connectivity index (χ2n) is 4.55. The second-order valence-corrected chi connectivity index (χ2v) is 4.55. The van der Waals surface area contributed by atoms with Crippen LogP contribution in [0.5, 0.6) is 0 Å². The summed E-state index contributed by atoms with van der Waals surface area (Å²) < 4.78 is 76.0. The van der Waals surface area contributed by atoms with Gasteiger partial charge in [-0.1, -0.05) is 6.08 Å². The van der Waals surface area contributed by atoms with E-state index >= 15 is 0 Å². The van der Waals surface area contributed by atoms with Crippen LogP contribution >= 0.6 is 0 Å². The Balaban J connectivity index is 3.30. The zero-order valence-electron chi connectivity index (χ0n) is 11.9. The van der Waals surface area contributed by atoms with Crippen molar-refractivity contribution in [3.8, 4) is 0 Å². The lowest BCUT2D eigenvalue weighted by molar-refractivity contribution is -0.143. The van der Waals surface area contributed by atoms with Crippen molar-refractivity contribution in [3.63, 3.8) is 0 Å². The van der Waals surface area contributed by atoms with Crippen LogP contribution in [0.15, 0.2) is 29.8 Å². The van der Waals surface area contributed by atoms with Crippen molar-refractivity contribution in [2.24, 2.45) is 0 Å². The molecule has 0 saturated carbocycles. The van der Waals surface area contributed by atoms with E-state index in [1.165, 1.54) is 19.9 Å². The Morgan fingerprint density at radius 3 is 1.74 bits per heavy atom. The van der Waals surface area contributed by atoms with Gasteiger partial charge >= 0.3 is 12.4 Å². The fourth-order valence-electron chi connectivity index (χ4n) is 1.49. The number of nitrogens with one attached hydrogen (secondary N) is 1. The highest BCUT2D eigenvalue weighted by Crippen LogP contribution is 2.36. The first-order valence-electron chi connectivity index (χ1n) is 6.14. The molecule has 0 spiro atoms. The van der Waals surface area contributed by atoms with Crippen molar-refractivity contribution in [3.05, 3.63) is 46.5 Å². The lowest BCUT2D eigenvalue weighted by Crippen LogP contribution is -2.31. The normalized spacial score (nSPS) is 13.0. The Morgan fingerprint density at radius 2 is 1.39 bits per heavy atom. The molecule has 0 aliphatic heterocycles. The highest BCUT2D eigenvalue weighted by molar-refractivity contribution is 6.09. The summed E-state index contributed by atoms with van der Waals surface area (Å²) in [5, 5.41) is 1.72. The fourth-order valence-corrected chi connectivity index (χ4v) is 1.49. The number of halogens is 6. The Bertz CT molecular complexity index is 626. The number of carbonyl (C=O) groups excluding carboxylic acids is 2. The summed E-state index contributed by atoms with van der Waals surface area (Å²) in [6.07, 6.45) is -8.81. The van der Waals surface area contributed by atoms with Gasteiger partial charge in [0, 0.05) is 11.1 Å². The molecule has 0 aliphatic carbocycles. The summed E-state index contributed by atoms with van der Waals surface area (Å²) in [7, 11) is 0. The van der Waals surface area contributed by atoms with Gasteiger partial charge in [-0.15, -0.1) is 0 Å². The predicted molar refractivity (Wildman–Crippen MR) is 68.4 cm³/mol. The highest BCUT2D eigenvalue weighted by Gasteiger charge is 2.37. The lowest BCUT2D eigenvalue weighted by Gasteiger charge is -2.14. The van der Waals surface area contributed by atoms with E-state index < -0.39 is 40.9 Å². The number of amides is 2. The molecular weight excluding hydrogens is 328 g/mol. The van der Waals surface area contributed by atoms with E-state index in [4.69, 9.17) is 0 Å². The molecule has 0 heterocycles. The molecule has 1 rings (SSSR count). The molecule has 0 aliphatic rings. The van der Waals surface area contributed by atoms with Gasteiger partial charge in [-0.05, 0) is 32.0 Å². The molecule has 1 N–H and O–H groups in total. The van der Waals surface area contributed by atoms with Crippen molar-refractivity contribution in [2.75, 3.05) is 0 Å². The maximum absolute atomic E-state index is 12.7. The zero-order chi connectivity index (χ0) is 18.0. The molecule has 0 atom stereocenters. The number of hydrogen-bond donors (Lipinski definition) is 1. The van der Waals surface area contributed by atoms with E-state index in [1.807, 2.05) is 0 Å². The van der Waals surface area contributed by atoms with Gasteiger partial charge in [0.1, 0.15) is 0 Å². The van der Waals surface area contributed by atoms with Crippen LogP contribution in [-0.4, -0.2) is 11.8 Å². The van der Waals surface area contributed by atoms with E-state index in [1.54, 1.807) is 5.32 Å². The number of imide groups is 1. The van der Waals surface area contributed by atoms with Crippen LogP contribution in [0.2, 0.25) is 0 Å². The molecule has 3 nitrogen and oxygen atoms in total. The first-order chi connectivity index (χ1) is 10.4. The van der Waals surface area contributed by atoms with Crippen LogP contribution in [0, 0.1) is 0 Å². The van der Waals surface area contributed by atoms with Gasteiger partial charge in [0.25, 0.3) is 11.8 Å². The lowest BCUT2D eigenvalue weighted by atomic mass is 10.0. The molecule has 0 aromatic heterocycles. The Morgan fingerprint density at radius 1 is 0.957 bits per heavy atom. The minimum Gasteiger partial charge on any atom is -0.288 e. The molecule has 1 aromatic carbocycles. The minimum atomic E-state index is -5.07. The third kappa shape index (κ3) is 4.83. The summed E-state index contributed by atoms with van der Waals surface area (Å²) in [5.41, 5.74) is -4.09. The van der Waals surface area contributed by atoms with Crippen molar-refractivity contribution < 1.29 is 35.9 Å². The number of allylic oxidation sites excluding steroid dienone is 1. The summed E-state index contributed by atoms with van der Waals surface area (Å²) >= 11 is 0. The molecule has 0 fully saturated rings.